The Labute approximate surface area is 158 Å². The van der Waals surface area contributed by atoms with Gasteiger partial charge in [-0.2, -0.15) is 0 Å². The highest BCUT2D eigenvalue weighted by Gasteiger charge is 2.28. The molecule has 0 spiro atoms. The Morgan fingerprint density at radius 2 is 1.96 bits per heavy atom. The molecule has 0 aromatic carbocycles. The Hall–Kier alpha value is -2.51. The maximum absolute atomic E-state index is 5.53. The van der Waals surface area contributed by atoms with Gasteiger partial charge in [-0.15, -0.1) is 0 Å². The highest BCUT2D eigenvalue weighted by molar-refractivity contribution is 6.02. The van der Waals surface area contributed by atoms with Crippen molar-refractivity contribution >= 4 is 16.7 Å². The third kappa shape index (κ3) is 3.17. The van der Waals surface area contributed by atoms with E-state index >= 15 is 0 Å². The molecule has 3 aromatic rings. The van der Waals surface area contributed by atoms with Crippen molar-refractivity contribution < 1.29 is 4.74 Å². The molecule has 5 heterocycles. The lowest BCUT2D eigenvalue weighted by atomic mass is 10.0. The average Bonchev–Trinajstić information content (AvgIpc) is 3.19. The topological polar surface area (TPSA) is 70.2 Å². The number of fused-ring (bicyclic) bond motifs is 1. The van der Waals surface area contributed by atoms with Gasteiger partial charge < -0.3 is 14.6 Å². The molecule has 0 unspecified atom stereocenters. The maximum atomic E-state index is 5.53. The van der Waals surface area contributed by atoms with Gasteiger partial charge in [0.05, 0.1) is 18.6 Å². The summed E-state index contributed by atoms with van der Waals surface area (Å²) in [5.41, 5.74) is 4.29. The van der Waals surface area contributed by atoms with Crippen molar-refractivity contribution in [3.63, 3.8) is 0 Å². The lowest BCUT2D eigenvalue weighted by Crippen LogP contribution is -2.51. The molecule has 2 aliphatic heterocycles. The molecule has 1 N–H and O–H groups in total. The molecule has 3 aromatic heterocycles. The molecule has 7 heteroatoms. The van der Waals surface area contributed by atoms with Crippen LogP contribution in [0.25, 0.3) is 22.2 Å². The molecule has 0 bridgehead atoms. The van der Waals surface area contributed by atoms with Gasteiger partial charge in [-0.1, -0.05) is 0 Å². The van der Waals surface area contributed by atoms with Crippen LogP contribution in [0.2, 0.25) is 0 Å². The lowest BCUT2D eigenvalue weighted by Gasteiger charge is -2.42. The molecule has 2 aliphatic rings. The third-order valence-electron chi connectivity index (χ3n) is 5.72. The lowest BCUT2D eigenvalue weighted by molar-refractivity contribution is 0.0137. The summed E-state index contributed by atoms with van der Waals surface area (Å²) in [6.07, 6.45) is 11.7. The van der Waals surface area contributed by atoms with E-state index in [9.17, 15) is 0 Å². The van der Waals surface area contributed by atoms with Gasteiger partial charge in [-0.05, 0) is 18.9 Å². The van der Waals surface area contributed by atoms with E-state index in [1.807, 2.05) is 24.8 Å². The van der Waals surface area contributed by atoms with E-state index in [4.69, 9.17) is 4.74 Å². The van der Waals surface area contributed by atoms with Crippen molar-refractivity contribution in [3.05, 3.63) is 37.2 Å². The summed E-state index contributed by atoms with van der Waals surface area (Å²) in [6, 6.07) is 2.74. The van der Waals surface area contributed by atoms with E-state index in [1.54, 1.807) is 6.33 Å². The molecule has 0 amide bonds. The number of nitrogens with zero attached hydrogens (tertiary/aromatic N) is 5. The van der Waals surface area contributed by atoms with Gasteiger partial charge >= 0.3 is 0 Å². The molecule has 0 radical (unpaired) electrons. The fourth-order valence-corrected chi connectivity index (χ4v) is 4.38. The summed E-state index contributed by atoms with van der Waals surface area (Å²) in [7, 11) is 0. The monoisotopic (exact) mass is 364 g/mol. The first-order valence-electron chi connectivity index (χ1n) is 9.68. The SMILES string of the molecule is c1ncc(-c2c[nH]c3nccc(N4CCC[C@H](N5CCOCC5)C4)c23)cn1. The number of aromatic amines is 1. The average molecular weight is 364 g/mol. The molecule has 1 atom stereocenters. The van der Waals surface area contributed by atoms with Crippen LogP contribution in [0.15, 0.2) is 37.2 Å². The molecule has 140 valence electrons. The summed E-state index contributed by atoms with van der Waals surface area (Å²) in [5, 5.41) is 1.16. The Morgan fingerprint density at radius 1 is 1.11 bits per heavy atom. The van der Waals surface area contributed by atoms with Gasteiger partial charge in [0.2, 0.25) is 0 Å². The predicted molar refractivity (Wildman–Crippen MR) is 105 cm³/mol. The minimum atomic E-state index is 0.591. The zero-order valence-corrected chi connectivity index (χ0v) is 15.3. The number of nitrogens with one attached hydrogen (secondary N) is 1. The second kappa shape index (κ2) is 7.25. The first-order chi connectivity index (χ1) is 13.4. The van der Waals surface area contributed by atoms with E-state index in [1.165, 1.54) is 18.5 Å². The van der Waals surface area contributed by atoms with Crippen molar-refractivity contribution in [1.82, 2.24) is 24.8 Å². The Kier molecular flexibility index (Phi) is 4.47. The number of aromatic nitrogens is 4. The molecule has 2 saturated heterocycles. The standard InChI is InChI=1S/C20H24N6O/c1-2-16(25-6-8-27-9-7-25)13-26(5-1)18-3-4-23-20-19(18)17(12-24-20)15-10-21-14-22-11-15/h3-4,10-12,14,16H,1-2,5-9,13H2,(H,23,24)/t16-/m0/s1. The first kappa shape index (κ1) is 16.6. The number of hydrogen-bond acceptors (Lipinski definition) is 6. The quantitative estimate of drug-likeness (QED) is 0.769. The van der Waals surface area contributed by atoms with Crippen LogP contribution in [0.5, 0.6) is 0 Å². The van der Waals surface area contributed by atoms with Crippen LogP contribution in [0.4, 0.5) is 5.69 Å². The number of morpholine rings is 1. The van der Waals surface area contributed by atoms with Gasteiger partial charge in [0.15, 0.2) is 0 Å². The van der Waals surface area contributed by atoms with Crippen LogP contribution >= 0.6 is 0 Å². The smallest absolute Gasteiger partial charge is 0.139 e. The summed E-state index contributed by atoms with van der Waals surface area (Å²) in [5.74, 6) is 0. The van der Waals surface area contributed by atoms with Crippen molar-refractivity contribution in [3.8, 4) is 11.1 Å². The minimum absolute atomic E-state index is 0.591. The van der Waals surface area contributed by atoms with Crippen molar-refractivity contribution in [2.75, 3.05) is 44.3 Å². The zero-order valence-electron chi connectivity index (χ0n) is 15.3. The van der Waals surface area contributed by atoms with E-state index in [0.29, 0.717) is 6.04 Å². The number of hydrogen-bond donors (Lipinski definition) is 1. The largest absolute Gasteiger partial charge is 0.379 e. The number of piperidine rings is 1. The Morgan fingerprint density at radius 3 is 2.81 bits per heavy atom. The second-order valence-electron chi connectivity index (χ2n) is 7.27. The highest BCUT2D eigenvalue weighted by Crippen LogP contribution is 2.35. The van der Waals surface area contributed by atoms with E-state index in [-0.39, 0.29) is 0 Å². The number of pyridine rings is 1. The van der Waals surface area contributed by atoms with Crippen LogP contribution in [-0.2, 0) is 4.74 Å². The first-order valence-corrected chi connectivity index (χ1v) is 9.68. The fraction of sp³-hybridized carbons (Fsp3) is 0.450. The zero-order chi connectivity index (χ0) is 18.1. The molecule has 7 nitrogen and oxygen atoms in total. The molecule has 27 heavy (non-hydrogen) atoms. The van der Waals surface area contributed by atoms with Gasteiger partial charge in [-0.3, -0.25) is 4.90 Å². The molecule has 2 fully saturated rings. The Bertz CT molecular complexity index is 905. The molecular formula is C20H24N6O. The number of rotatable bonds is 3. The van der Waals surface area contributed by atoms with Gasteiger partial charge in [0.25, 0.3) is 0 Å². The van der Waals surface area contributed by atoms with Crippen LogP contribution in [0.3, 0.4) is 0 Å². The molecular weight excluding hydrogens is 340 g/mol. The highest BCUT2D eigenvalue weighted by atomic mass is 16.5. The fourth-order valence-electron chi connectivity index (χ4n) is 4.38. The van der Waals surface area contributed by atoms with Crippen LogP contribution in [0, 0.1) is 0 Å². The minimum Gasteiger partial charge on any atom is -0.379 e. The van der Waals surface area contributed by atoms with Crippen molar-refractivity contribution in [1.29, 1.82) is 0 Å². The van der Waals surface area contributed by atoms with Crippen molar-refractivity contribution in [2.24, 2.45) is 0 Å². The number of H-pyrrole nitrogens is 1. The molecule has 0 aliphatic carbocycles. The summed E-state index contributed by atoms with van der Waals surface area (Å²) < 4.78 is 5.53. The normalized spacial score (nSPS) is 21.6. The maximum Gasteiger partial charge on any atom is 0.139 e. The van der Waals surface area contributed by atoms with Gasteiger partial charge in [0.1, 0.15) is 12.0 Å². The second-order valence-corrected chi connectivity index (χ2v) is 7.27. The summed E-state index contributed by atoms with van der Waals surface area (Å²) >= 11 is 0. The summed E-state index contributed by atoms with van der Waals surface area (Å²) in [4.78, 5) is 21.3. The van der Waals surface area contributed by atoms with E-state index in [0.717, 1.165) is 61.6 Å². The molecule has 0 saturated carbocycles. The van der Waals surface area contributed by atoms with Crippen LogP contribution in [0.1, 0.15) is 12.8 Å². The molecule has 5 rings (SSSR count). The van der Waals surface area contributed by atoms with Gasteiger partial charge in [0, 0.05) is 73.8 Å². The third-order valence-corrected chi connectivity index (χ3v) is 5.72. The number of ether oxygens (including phenoxy) is 1. The number of anilines is 1. The predicted octanol–water partition coefficient (Wildman–Crippen LogP) is 2.32. The van der Waals surface area contributed by atoms with E-state index in [2.05, 4.69) is 35.8 Å². The van der Waals surface area contributed by atoms with Gasteiger partial charge in [-0.25, -0.2) is 15.0 Å². The van der Waals surface area contributed by atoms with E-state index < -0.39 is 0 Å². The Balaban J connectivity index is 1.50. The summed E-state index contributed by atoms with van der Waals surface area (Å²) in [6.45, 7) is 5.92. The van der Waals surface area contributed by atoms with Crippen LogP contribution < -0.4 is 4.90 Å². The van der Waals surface area contributed by atoms with Crippen LogP contribution in [-0.4, -0.2) is 70.3 Å². The van der Waals surface area contributed by atoms with Crippen molar-refractivity contribution in [2.45, 2.75) is 18.9 Å².